The van der Waals surface area contributed by atoms with Gasteiger partial charge in [-0.05, 0) is 37.0 Å². The molecule has 0 saturated heterocycles. The molecule has 2 N–H and O–H groups in total. The van der Waals surface area contributed by atoms with Gasteiger partial charge in [-0.1, -0.05) is 19.9 Å². The lowest BCUT2D eigenvalue weighted by molar-refractivity contribution is 0.256. The molecule has 110 valence electrons. The smallest absolute Gasteiger partial charge is 0.241 e. The average Bonchev–Trinajstić information content (AvgIpc) is 2.38. The van der Waals surface area contributed by atoms with Crippen molar-refractivity contribution < 1.29 is 13.5 Å². The van der Waals surface area contributed by atoms with Gasteiger partial charge in [-0.25, -0.2) is 13.1 Å². The Hall–Kier alpha value is -1.42. The largest absolute Gasteiger partial charge is 0.396 e. The van der Waals surface area contributed by atoms with Gasteiger partial charge in [0, 0.05) is 12.6 Å². The maximum absolute atomic E-state index is 12.4. The van der Waals surface area contributed by atoms with Gasteiger partial charge in [0.15, 0.2) is 0 Å². The first-order chi connectivity index (χ1) is 9.31. The van der Waals surface area contributed by atoms with Crippen LogP contribution < -0.4 is 4.72 Å². The second kappa shape index (κ2) is 6.84. The fourth-order valence-corrected chi connectivity index (χ4v) is 3.58. The third kappa shape index (κ3) is 4.04. The number of aliphatic hydroxyl groups is 1. The number of nitriles is 1. The summed E-state index contributed by atoms with van der Waals surface area (Å²) >= 11 is 0. The fourth-order valence-electron chi connectivity index (χ4n) is 1.89. The van der Waals surface area contributed by atoms with Gasteiger partial charge in [0.25, 0.3) is 0 Å². The van der Waals surface area contributed by atoms with Crippen molar-refractivity contribution in [3.8, 4) is 6.07 Å². The van der Waals surface area contributed by atoms with Crippen LogP contribution in [0.15, 0.2) is 23.1 Å². The van der Waals surface area contributed by atoms with Gasteiger partial charge in [-0.15, -0.1) is 0 Å². The molecule has 0 unspecified atom stereocenters. The first-order valence-corrected chi connectivity index (χ1v) is 7.94. The van der Waals surface area contributed by atoms with Crippen LogP contribution in [0.4, 0.5) is 0 Å². The SMILES string of the molecule is Cc1ccc(C#N)cc1S(=O)(=O)N[C@H](CCO)C(C)C. The number of nitrogens with one attached hydrogen (secondary N) is 1. The van der Waals surface area contributed by atoms with Gasteiger partial charge in [0.1, 0.15) is 0 Å². The molecule has 0 aliphatic carbocycles. The number of sulfonamides is 1. The minimum atomic E-state index is -3.70. The number of hydrogen-bond donors (Lipinski definition) is 2. The summed E-state index contributed by atoms with van der Waals surface area (Å²) in [6.07, 6.45) is 0.355. The third-order valence-electron chi connectivity index (χ3n) is 3.16. The van der Waals surface area contributed by atoms with Crippen LogP contribution in [0.5, 0.6) is 0 Å². The van der Waals surface area contributed by atoms with Gasteiger partial charge in [-0.3, -0.25) is 0 Å². The fraction of sp³-hybridized carbons (Fsp3) is 0.500. The van der Waals surface area contributed by atoms with Crippen LogP contribution in [0, 0.1) is 24.2 Å². The summed E-state index contributed by atoms with van der Waals surface area (Å²) in [5.74, 6) is 0.0661. The van der Waals surface area contributed by atoms with E-state index in [1.165, 1.54) is 6.07 Å². The van der Waals surface area contributed by atoms with E-state index in [0.717, 1.165) is 0 Å². The summed E-state index contributed by atoms with van der Waals surface area (Å²) in [6.45, 7) is 5.39. The number of nitrogens with zero attached hydrogens (tertiary/aromatic N) is 1. The molecule has 1 rings (SSSR count). The van der Waals surface area contributed by atoms with E-state index in [1.807, 2.05) is 19.9 Å². The number of rotatable bonds is 6. The molecule has 0 saturated carbocycles. The van der Waals surface area contributed by atoms with Crippen LogP contribution >= 0.6 is 0 Å². The molecule has 6 heteroatoms. The Bertz CT molecular complexity index is 603. The third-order valence-corrected chi connectivity index (χ3v) is 4.79. The Kier molecular flexibility index (Phi) is 5.69. The minimum Gasteiger partial charge on any atom is -0.396 e. The quantitative estimate of drug-likeness (QED) is 0.833. The summed E-state index contributed by atoms with van der Waals surface area (Å²) < 4.78 is 27.4. The minimum absolute atomic E-state index is 0.0661. The van der Waals surface area contributed by atoms with Crippen molar-refractivity contribution in [1.29, 1.82) is 5.26 Å². The van der Waals surface area contributed by atoms with E-state index in [4.69, 9.17) is 10.4 Å². The van der Waals surface area contributed by atoms with Gasteiger partial charge < -0.3 is 5.11 Å². The summed E-state index contributed by atoms with van der Waals surface area (Å²) in [5.41, 5.74) is 0.891. The van der Waals surface area contributed by atoms with Crippen molar-refractivity contribution in [2.75, 3.05) is 6.61 Å². The zero-order valence-electron chi connectivity index (χ0n) is 11.9. The predicted molar refractivity (Wildman–Crippen MR) is 76.5 cm³/mol. The highest BCUT2D eigenvalue weighted by atomic mass is 32.2. The summed E-state index contributed by atoms with van der Waals surface area (Å²) in [4.78, 5) is 0.111. The number of aliphatic hydroxyl groups excluding tert-OH is 1. The van der Waals surface area contributed by atoms with Crippen molar-refractivity contribution in [2.45, 2.75) is 38.1 Å². The lowest BCUT2D eigenvalue weighted by Gasteiger charge is -2.22. The van der Waals surface area contributed by atoms with Crippen LogP contribution in [-0.4, -0.2) is 26.2 Å². The van der Waals surface area contributed by atoms with Gasteiger partial charge in [0.2, 0.25) is 10.0 Å². The molecule has 1 aromatic carbocycles. The van der Waals surface area contributed by atoms with Crippen LogP contribution in [0.2, 0.25) is 0 Å². The number of benzene rings is 1. The zero-order chi connectivity index (χ0) is 15.3. The molecule has 0 aliphatic heterocycles. The van der Waals surface area contributed by atoms with Crippen molar-refractivity contribution in [2.24, 2.45) is 5.92 Å². The monoisotopic (exact) mass is 296 g/mol. The van der Waals surface area contributed by atoms with Crippen LogP contribution in [0.1, 0.15) is 31.4 Å². The lowest BCUT2D eigenvalue weighted by atomic mass is 10.0. The summed E-state index contributed by atoms with van der Waals surface area (Å²) in [5, 5.41) is 17.9. The Morgan fingerprint density at radius 2 is 2.05 bits per heavy atom. The number of aryl methyl sites for hydroxylation is 1. The maximum atomic E-state index is 12.4. The van der Waals surface area contributed by atoms with Gasteiger partial charge in [-0.2, -0.15) is 5.26 Å². The highest BCUT2D eigenvalue weighted by Gasteiger charge is 2.23. The van der Waals surface area contributed by atoms with Crippen molar-refractivity contribution in [3.05, 3.63) is 29.3 Å². The van der Waals surface area contributed by atoms with E-state index in [1.54, 1.807) is 19.1 Å². The normalized spacial score (nSPS) is 13.2. The van der Waals surface area contributed by atoms with E-state index >= 15 is 0 Å². The highest BCUT2D eigenvalue weighted by molar-refractivity contribution is 7.89. The molecule has 0 heterocycles. The molecule has 1 aromatic rings. The van der Waals surface area contributed by atoms with Crippen LogP contribution in [0.3, 0.4) is 0 Å². The predicted octanol–water partition coefficient (Wildman–Crippen LogP) is 1.55. The highest BCUT2D eigenvalue weighted by Crippen LogP contribution is 2.18. The maximum Gasteiger partial charge on any atom is 0.241 e. The molecular weight excluding hydrogens is 276 g/mol. The molecule has 20 heavy (non-hydrogen) atoms. The molecule has 0 radical (unpaired) electrons. The summed E-state index contributed by atoms with van der Waals surface area (Å²) in [6, 6.07) is 6.17. The topological polar surface area (TPSA) is 90.2 Å². The molecule has 0 amide bonds. The van der Waals surface area contributed by atoms with Crippen molar-refractivity contribution in [1.82, 2.24) is 4.72 Å². The molecule has 0 fully saturated rings. The molecule has 5 nitrogen and oxygen atoms in total. The van der Waals surface area contributed by atoms with E-state index in [2.05, 4.69) is 4.72 Å². The Labute approximate surface area is 120 Å². The molecule has 0 spiro atoms. The Balaban J connectivity index is 3.13. The Morgan fingerprint density at radius 1 is 1.40 bits per heavy atom. The average molecular weight is 296 g/mol. The standard InChI is InChI=1S/C14H20N2O3S/c1-10(2)13(6-7-17)16-20(18,19)14-8-12(9-15)5-4-11(14)3/h4-5,8,10,13,16-17H,6-7H2,1-3H3/t13-/m1/s1. The second-order valence-electron chi connectivity index (χ2n) is 5.08. The van der Waals surface area contributed by atoms with Gasteiger partial charge >= 0.3 is 0 Å². The first-order valence-electron chi connectivity index (χ1n) is 6.45. The van der Waals surface area contributed by atoms with E-state index in [9.17, 15) is 8.42 Å². The summed E-state index contributed by atoms with van der Waals surface area (Å²) in [7, 11) is -3.70. The second-order valence-corrected chi connectivity index (χ2v) is 6.76. The van der Waals surface area contributed by atoms with E-state index in [-0.39, 0.29) is 23.5 Å². The zero-order valence-corrected chi connectivity index (χ0v) is 12.7. The van der Waals surface area contributed by atoms with Crippen LogP contribution in [0.25, 0.3) is 0 Å². The van der Waals surface area contributed by atoms with Gasteiger partial charge in [0.05, 0.1) is 16.5 Å². The van der Waals surface area contributed by atoms with Crippen LogP contribution in [-0.2, 0) is 10.0 Å². The molecular formula is C14H20N2O3S. The van der Waals surface area contributed by atoms with E-state index in [0.29, 0.717) is 17.5 Å². The number of hydrogen-bond acceptors (Lipinski definition) is 4. The molecule has 1 atom stereocenters. The van der Waals surface area contributed by atoms with Crippen molar-refractivity contribution in [3.63, 3.8) is 0 Å². The first kappa shape index (κ1) is 16.6. The molecule has 0 aliphatic rings. The molecule has 0 bridgehead atoms. The van der Waals surface area contributed by atoms with E-state index < -0.39 is 10.0 Å². The lowest BCUT2D eigenvalue weighted by Crippen LogP contribution is -2.39. The molecule has 0 aromatic heterocycles. The Morgan fingerprint density at radius 3 is 2.55 bits per heavy atom. The van der Waals surface area contributed by atoms with Crippen molar-refractivity contribution >= 4 is 10.0 Å².